The normalized spacial score (nSPS) is 11.9. The van der Waals surface area contributed by atoms with Crippen molar-refractivity contribution in [3.8, 4) is 0 Å². The molecule has 0 aliphatic rings. The molecule has 0 atom stereocenters. The second-order valence-corrected chi connectivity index (χ2v) is 4.56. The van der Waals surface area contributed by atoms with Crippen LogP contribution in [0.25, 0.3) is 11.0 Å². The molecule has 2 aromatic rings. The zero-order valence-corrected chi connectivity index (χ0v) is 11.5. The topological polar surface area (TPSA) is 98.5 Å². The lowest BCUT2D eigenvalue weighted by molar-refractivity contribution is 0.0853. The minimum Gasteiger partial charge on any atom is -0.409 e. The molecule has 7 heteroatoms. The van der Waals surface area contributed by atoms with Gasteiger partial charge >= 0.3 is 0 Å². The highest BCUT2D eigenvalue weighted by Gasteiger charge is 2.06. The average molecular weight is 277 g/mol. The van der Waals surface area contributed by atoms with Gasteiger partial charge in [0.1, 0.15) is 23.5 Å². The van der Waals surface area contributed by atoms with Crippen LogP contribution in [0.15, 0.2) is 23.4 Å². The molecule has 1 aromatic heterocycles. The third-order valence-electron chi connectivity index (χ3n) is 2.99. The minimum absolute atomic E-state index is 0.219. The van der Waals surface area contributed by atoms with Crippen LogP contribution >= 0.6 is 0 Å². The third-order valence-corrected chi connectivity index (χ3v) is 2.99. The second-order valence-electron chi connectivity index (χ2n) is 4.56. The molecular formula is C13H19N5O2. The van der Waals surface area contributed by atoms with Crippen LogP contribution in [-0.2, 0) is 6.42 Å². The van der Waals surface area contributed by atoms with E-state index in [1.165, 1.54) is 4.85 Å². The Bertz CT molecular complexity index is 593. The van der Waals surface area contributed by atoms with Gasteiger partial charge < -0.3 is 15.8 Å². The van der Waals surface area contributed by atoms with Crippen LogP contribution in [-0.4, -0.2) is 32.8 Å². The SMILES string of the molecule is CCCCOn1nnc2cc(CC/C(N)=N/O)ccc21. The monoisotopic (exact) mass is 277 g/mol. The molecule has 0 bridgehead atoms. The smallest absolute Gasteiger partial charge is 0.139 e. The summed E-state index contributed by atoms with van der Waals surface area (Å²) in [5, 5.41) is 19.5. The van der Waals surface area contributed by atoms with Crippen molar-refractivity contribution in [2.75, 3.05) is 6.61 Å². The summed E-state index contributed by atoms with van der Waals surface area (Å²) in [6.45, 7) is 2.73. The Kier molecular flexibility index (Phi) is 4.75. The number of amidine groups is 1. The third kappa shape index (κ3) is 3.37. The van der Waals surface area contributed by atoms with E-state index in [1.54, 1.807) is 0 Å². The first-order valence-electron chi connectivity index (χ1n) is 6.68. The van der Waals surface area contributed by atoms with Gasteiger partial charge in [0.05, 0.1) is 0 Å². The summed E-state index contributed by atoms with van der Waals surface area (Å²) in [6, 6.07) is 5.82. The Labute approximate surface area is 117 Å². The Morgan fingerprint density at radius 3 is 3.10 bits per heavy atom. The van der Waals surface area contributed by atoms with Gasteiger partial charge in [-0.25, -0.2) is 0 Å². The number of aromatic nitrogens is 3. The van der Waals surface area contributed by atoms with Crippen molar-refractivity contribution in [3.05, 3.63) is 23.8 Å². The molecule has 0 unspecified atom stereocenters. The summed E-state index contributed by atoms with van der Waals surface area (Å²) >= 11 is 0. The molecular weight excluding hydrogens is 258 g/mol. The molecule has 108 valence electrons. The maximum absolute atomic E-state index is 8.51. The number of oxime groups is 1. The van der Waals surface area contributed by atoms with Crippen LogP contribution in [0, 0.1) is 0 Å². The van der Waals surface area contributed by atoms with E-state index in [0.717, 1.165) is 29.4 Å². The van der Waals surface area contributed by atoms with Crippen LogP contribution in [0.4, 0.5) is 0 Å². The molecule has 20 heavy (non-hydrogen) atoms. The van der Waals surface area contributed by atoms with Crippen LogP contribution in [0.2, 0.25) is 0 Å². The highest BCUT2D eigenvalue weighted by molar-refractivity contribution is 5.80. The first-order chi connectivity index (χ1) is 9.74. The zero-order chi connectivity index (χ0) is 14.4. The van der Waals surface area contributed by atoms with Crippen LogP contribution in [0.3, 0.4) is 0 Å². The molecule has 0 amide bonds. The highest BCUT2D eigenvalue weighted by atomic mass is 16.7. The standard InChI is InChI=1S/C13H19N5O2/c1-2-3-8-20-18-12-6-4-10(5-7-13(14)16-19)9-11(12)15-17-18/h4,6,9,19H,2-3,5,7-8H2,1H3,(H2,14,16). The van der Waals surface area contributed by atoms with Crippen molar-refractivity contribution in [2.24, 2.45) is 10.9 Å². The Morgan fingerprint density at radius 1 is 1.50 bits per heavy atom. The number of nitrogens with zero attached hydrogens (tertiary/aromatic N) is 4. The second kappa shape index (κ2) is 6.74. The lowest BCUT2D eigenvalue weighted by Gasteiger charge is -2.04. The Balaban J connectivity index is 2.07. The molecule has 0 aliphatic heterocycles. The molecule has 0 saturated carbocycles. The molecule has 0 spiro atoms. The van der Waals surface area contributed by atoms with Gasteiger partial charge in [-0.05, 0) is 35.8 Å². The van der Waals surface area contributed by atoms with Gasteiger partial charge in [0.25, 0.3) is 0 Å². The molecule has 0 fully saturated rings. The van der Waals surface area contributed by atoms with Crippen LogP contribution < -0.4 is 10.6 Å². The number of benzene rings is 1. The molecule has 1 heterocycles. The number of rotatable bonds is 7. The molecule has 1 aromatic carbocycles. The number of hydrogen-bond donors (Lipinski definition) is 2. The van der Waals surface area contributed by atoms with E-state index >= 15 is 0 Å². The fraction of sp³-hybridized carbons (Fsp3) is 0.462. The predicted molar refractivity (Wildman–Crippen MR) is 75.6 cm³/mol. The molecule has 0 saturated heterocycles. The van der Waals surface area contributed by atoms with Gasteiger partial charge in [-0.1, -0.05) is 29.4 Å². The molecule has 2 rings (SSSR count). The van der Waals surface area contributed by atoms with Crippen LogP contribution in [0.1, 0.15) is 31.7 Å². The molecule has 7 nitrogen and oxygen atoms in total. The lowest BCUT2D eigenvalue weighted by atomic mass is 10.1. The van der Waals surface area contributed by atoms with Crippen molar-refractivity contribution < 1.29 is 10.0 Å². The summed E-state index contributed by atoms with van der Waals surface area (Å²) in [7, 11) is 0. The quantitative estimate of drug-likeness (QED) is 0.261. The summed E-state index contributed by atoms with van der Waals surface area (Å²) in [4.78, 5) is 6.98. The van der Waals surface area contributed by atoms with Crippen molar-refractivity contribution in [1.29, 1.82) is 0 Å². The van der Waals surface area contributed by atoms with E-state index in [4.69, 9.17) is 15.8 Å². The number of nitrogens with two attached hydrogens (primary N) is 1. The maximum Gasteiger partial charge on any atom is 0.139 e. The van der Waals surface area contributed by atoms with Gasteiger partial charge in [-0.15, -0.1) is 5.10 Å². The number of hydrogen-bond acceptors (Lipinski definition) is 5. The lowest BCUT2D eigenvalue weighted by Crippen LogP contribution is -2.14. The first kappa shape index (κ1) is 14.1. The average Bonchev–Trinajstić information content (AvgIpc) is 2.87. The Hall–Kier alpha value is -2.31. The fourth-order valence-corrected chi connectivity index (χ4v) is 1.82. The maximum atomic E-state index is 8.51. The van der Waals surface area contributed by atoms with E-state index in [-0.39, 0.29) is 5.84 Å². The number of aryl methyl sites for hydroxylation is 1. The molecule has 0 aliphatic carbocycles. The fourth-order valence-electron chi connectivity index (χ4n) is 1.82. The van der Waals surface area contributed by atoms with E-state index in [9.17, 15) is 0 Å². The van der Waals surface area contributed by atoms with E-state index < -0.39 is 0 Å². The van der Waals surface area contributed by atoms with E-state index in [1.807, 2.05) is 18.2 Å². The van der Waals surface area contributed by atoms with Crippen molar-refractivity contribution in [1.82, 2.24) is 15.2 Å². The minimum atomic E-state index is 0.219. The van der Waals surface area contributed by atoms with Gasteiger partial charge in [0, 0.05) is 6.42 Å². The van der Waals surface area contributed by atoms with Gasteiger partial charge in [-0.2, -0.15) is 0 Å². The first-order valence-corrected chi connectivity index (χ1v) is 6.68. The molecule has 0 radical (unpaired) electrons. The largest absolute Gasteiger partial charge is 0.409 e. The van der Waals surface area contributed by atoms with Gasteiger partial charge in [0.2, 0.25) is 0 Å². The van der Waals surface area contributed by atoms with Crippen molar-refractivity contribution in [2.45, 2.75) is 32.6 Å². The summed E-state index contributed by atoms with van der Waals surface area (Å²) in [6.07, 6.45) is 3.25. The summed E-state index contributed by atoms with van der Waals surface area (Å²) in [5.41, 5.74) is 8.13. The van der Waals surface area contributed by atoms with Crippen molar-refractivity contribution >= 4 is 16.9 Å². The number of unbranched alkanes of at least 4 members (excludes halogenated alkanes) is 1. The van der Waals surface area contributed by atoms with E-state index in [2.05, 4.69) is 22.4 Å². The zero-order valence-electron chi connectivity index (χ0n) is 11.5. The number of fused-ring (bicyclic) bond motifs is 1. The summed E-state index contributed by atoms with van der Waals surface area (Å²) < 4.78 is 0. The van der Waals surface area contributed by atoms with Gasteiger partial charge in [-0.3, -0.25) is 0 Å². The highest BCUT2D eigenvalue weighted by Crippen LogP contribution is 2.14. The van der Waals surface area contributed by atoms with Crippen molar-refractivity contribution in [3.63, 3.8) is 0 Å². The molecule has 3 N–H and O–H groups in total. The predicted octanol–water partition coefficient (Wildman–Crippen LogP) is 1.34. The summed E-state index contributed by atoms with van der Waals surface area (Å²) in [5.74, 6) is 0.219. The van der Waals surface area contributed by atoms with Gasteiger partial charge in [0.15, 0.2) is 0 Å². The Morgan fingerprint density at radius 2 is 2.35 bits per heavy atom. The van der Waals surface area contributed by atoms with Crippen LogP contribution in [0.5, 0.6) is 0 Å². The van der Waals surface area contributed by atoms with E-state index in [0.29, 0.717) is 19.4 Å².